The molecule has 0 spiro atoms. The van der Waals surface area contributed by atoms with Crippen molar-refractivity contribution in [2.75, 3.05) is 42.3 Å². The molecule has 0 aliphatic carbocycles. The van der Waals surface area contributed by atoms with Gasteiger partial charge in [-0.1, -0.05) is 53.6 Å². The van der Waals surface area contributed by atoms with Crippen molar-refractivity contribution in [1.29, 1.82) is 0 Å². The van der Waals surface area contributed by atoms with Crippen LogP contribution in [-0.4, -0.2) is 64.3 Å². The van der Waals surface area contributed by atoms with Crippen LogP contribution < -0.4 is 15.5 Å². The van der Waals surface area contributed by atoms with E-state index < -0.39 is 6.17 Å². The van der Waals surface area contributed by atoms with E-state index in [0.717, 1.165) is 43.0 Å². The van der Waals surface area contributed by atoms with Gasteiger partial charge in [0.25, 0.3) is 11.8 Å². The van der Waals surface area contributed by atoms with Gasteiger partial charge in [-0.3, -0.25) is 4.79 Å². The van der Waals surface area contributed by atoms with Gasteiger partial charge in [-0.05, 0) is 12.5 Å². The number of imidazole rings is 1. The number of fused-ring (bicyclic) bond motifs is 2. The summed E-state index contributed by atoms with van der Waals surface area (Å²) in [6.45, 7) is 3.09. The molecule has 2 N–H and O–H groups in total. The Hall–Kier alpha value is -4.51. The second-order valence-corrected chi connectivity index (χ2v) is 8.78. The SMILES string of the molecule is COCCN1CCCn2cnc(-c3nnc(N[C@H]4N=C(c5ccccc5)c5ccccc5NC4=O)o3)c21. The van der Waals surface area contributed by atoms with Crippen molar-refractivity contribution in [2.24, 2.45) is 4.99 Å². The number of aromatic nitrogens is 4. The maximum absolute atomic E-state index is 13.1. The van der Waals surface area contributed by atoms with Crippen LogP contribution >= 0.6 is 0 Å². The van der Waals surface area contributed by atoms with E-state index >= 15 is 0 Å². The molecule has 0 radical (unpaired) electrons. The highest BCUT2D eigenvalue weighted by molar-refractivity contribution is 6.19. The van der Waals surface area contributed by atoms with Crippen molar-refractivity contribution in [1.82, 2.24) is 19.7 Å². The summed E-state index contributed by atoms with van der Waals surface area (Å²) in [6.07, 6.45) is 1.82. The standard InChI is InChI=1S/C26H26N8O3/c1-36-15-14-33-12-7-13-34-16-27-21(25(33)34)24-31-32-26(37-24)30-22-23(35)28-19-11-6-5-10-18(19)20(29-22)17-8-3-2-4-9-17/h2-6,8-11,16,22H,7,12-15H2,1H3,(H,28,35)(H,30,32)/t22-/m1/s1. The van der Waals surface area contributed by atoms with Gasteiger partial charge in [-0.25, -0.2) is 9.98 Å². The van der Waals surface area contributed by atoms with Crippen molar-refractivity contribution in [3.8, 4) is 11.6 Å². The molecule has 4 aromatic rings. The molecular weight excluding hydrogens is 472 g/mol. The molecule has 6 rings (SSSR count). The number of rotatable bonds is 7. The second-order valence-electron chi connectivity index (χ2n) is 8.78. The van der Waals surface area contributed by atoms with E-state index in [0.29, 0.717) is 23.7 Å². The number of benzodiazepines with no additional fused rings is 1. The van der Waals surface area contributed by atoms with Gasteiger partial charge < -0.3 is 29.3 Å². The number of anilines is 3. The first-order chi connectivity index (χ1) is 18.2. The number of carbonyl (C=O) groups excluding carboxylic acids is 1. The Labute approximate surface area is 213 Å². The molecule has 2 aromatic carbocycles. The summed E-state index contributed by atoms with van der Waals surface area (Å²) in [5.74, 6) is 0.860. The molecule has 4 heterocycles. The summed E-state index contributed by atoms with van der Waals surface area (Å²) in [6, 6.07) is 17.4. The van der Waals surface area contributed by atoms with Gasteiger partial charge in [0.2, 0.25) is 6.17 Å². The minimum Gasteiger partial charge on any atom is -0.401 e. The Morgan fingerprint density at radius 3 is 2.81 bits per heavy atom. The number of nitrogens with zero attached hydrogens (tertiary/aromatic N) is 6. The molecule has 2 aliphatic rings. The fourth-order valence-corrected chi connectivity index (χ4v) is 4.65. The normalized spacial score (nSPS) is 16.9. The fraction of sp³-hybridized carbons (Fsp3) is 0.269. The monoisotopic (exact) mass is 498 g/mol. The topological polar surface area (TPSA) is 123 Å². The Balaban J connectivity index is 1.31. The largest absolute Gasteiger partial charge is 0.401 e. The molecule has 11 nitrogen and oxygen atoms in total. The number of ether oxygens (including phenoxy) is 1. The predicted molar refractivity (Wildman–Crippen MR) is 139 cm³/mol. The van der Waals surface area contributed by atoms with Crippen molar-refractivity contribution in [2.45, 2.75) is 19.1 Å². The number of aryl methyl sites for hydroxylation is 1. The highest BCUT2D eigenvalue weighted by atomic mass is 16.5. The zero-order valence-corrected chi connectivity index (χ0v) is 20.3. The minimum absolute atomic E-state index is 0.0817. The average Bonchev–Trinajstić information content (AvgIpc) is 3.55. The smallest absolute Gasteiger partial charge is 0.317 e. The van der Waals surface area contributed by atoms with E-state index in [1.54, 1.807) is 13.4 Å². The number of amides is 1. The average molecular weight is 499 g/mol. The first-order valence-corrected chi connectivity index (χ1v) is 12.1. The van der Waals surface area contributed by atoms with Crippen LogP contribution in [-0.2, 0) is 16.1 Å². The summed E-state index contributed by atoms with van der Waals surface area (Å²) >= 11 is 0. The number of benzene rings is 2. The third-order valence-electron chi connectivity index (χ3n) is 6.38. The molecule has 0 fully saturated rings. The van der Waals surface area contributed by atoms with Crippen LogP contribution in [0.25, 0.3) is 11.6 Å². The van der Waals surface area contributed by atoms with Crippen LogP contribution in [0.5, 0.6) is 0 Å². The Morgan fingerprint density at radius 2 is 1.95 bits per heavy atom. The molecule has 37 heavy (non-hydrogen) atoms. The lowest BCUT2D eigenvalue weighted by Crippen LogP contribution is -2.34. The van der Waals surface area contributed by atoms with Gasteiger partial charge in [0.05, 0.1) is 24.3 Å². The number of aliphatic imine (C=N–C) groups is 1. The van der Waals surface area contributed by atoms with Crippen molar-refractivity contribution < 1.29 is 13.9 Å². The Bertz CT molecular complexity index is 1450. The van der Waals surface area contributed by atoms with E-state index in [2.05, 4.69) is 35.3 Å². The molecule has 0 unspecified atom stereocenters. The summed E-state index contributed by atoms with van der Waals surface area (Å²) in [7, 11) is 1.69. The van der Waals surface area contributed by atoms with Gasteiger partial charge in [0.15, 0.2) is 5.69 Å². The second kappa shape index (κ2) is 9.86. The quantitative estimate of drug-likeness (QED) is 0.399. The summed E-state index contributed by atoms with van der Waals surface area (Å²) in [5, 5.41) is 14.3. The third-order valence-corrected chi connectivity index (χ3v) is 6.38. The van der Waals surface area contributed by atoms with Gasteiger partial charge in [0.1, 0.15) is 5.82 Å². The molecule has 1 atom stereocenters. The number of nitrogens with one attached hydrogen (secondary N) is 2. The van der Waals surface area contributed by atoms with Crippen LogP contribution in [0.2, 0.25) is 0 Å². The first-order valence-electron chi connectivity index (χ1n) is 12.1. The van der Waals surface area contributed by atoms with E-state index in [1.165, 1.54) is 0 Å². The number of hydrogen-bond donors (Lipinski definition) is 2. The summed E-state index contributed by atoms with van der Waals surface area (Å²) in [4.78, 5) is 24.7. The Kier molecular flexibility index (Phi) is 6.11. The van der Waals surface area contributed by atoms with E-state index in [1.807, 2.05) is 54.6 Å². The molecule has 1 amide bonds. The van der Waals surface area contributed by atoms with Crippen LogP contribution in [0, 0.1) is 0 Å². The molecule has 188 valence electrons. The minimum atomic E-state index is -0.981. The maximum atomic E-state index is 13.1. The van der Waals surface area contributed by atoms with Crippen LogP contribution in [0.1, 0.15) is 17.5 Å². The van der Waals surface area contributed by atoms with Gasteiger partial charge in [-0.2, -0.15) is 0 Å². The Morgan fingerprint density at radius 1 is 1.11 bits per heavy atom. The zero-order valence-electron chi connectivity index (χ0n) is 20.3. The van der Waals surface area contributed by atoms with Crippen molar-refractivity contribution in [3.05, 3.63) is 72.1 Å². The molecule has 0 saturated heterocycles. The lowest BCUT2D eigenvalue weighted by Gasteiger charge is -2.30. The summed E-state index contributed by atoms with van der Waals surface area (Å²) in [5.41, 5.74) is 3.70. The van der Waals surface area contributed by atoms with E-state index in [-0.39, 0.29) is 17.8 Å². The third kappa shape index (κ3) is 4.45. The lowest BCUT2D eigenvalue weighted by atomic mass is 10.0. The van der Waals surface area contributed by atoms with Gasteiger partial charge in [0, 0.05) is 37.9 Å². The molecule has 2 aliphatic heterocycles. The highest BCUT2D eigenvalue weighted by Crippen LogP contribution is 2.33. The maximum Gasteiger partial charge on any atom is 0.317 e. The number of hydrogen-bond acceptors (Lipinski definition) is 9. The van der Waals surface area contributed by atoms with Crippen molar-refractivity contribution >= 4 is 29.1 Å². The molecular formula is C26H26N8O3. The number of para-hydroxylation sites is 1. The molecule has 0 bridgehead atoms. The van der Waals surface area contributed by atoms with Crippen molar-refractivity contribution in [3.63, 3.8) is 0 Å². The highest BCUT2D eigenvalue weighted by Gasteiger charge is 2.29. The fourth-order valence-electron chi connectivity index (χ4n) is 4.65. The number of carbonyl (C=O) groups is 1. The van der Waals surface area contributed by atoms with E-state index in [9.17, 15) is 4.79 Å². The first kappa shape index (κ1) is 22.9. The van der Waals surface area contributed by atoms with Crippen LogP contribution in [0.3, 0.4) is 0 Å². The van der Waals surface area contributed by atoms with Crippen LogP contribution in [0.4, 0.5) is 17.5 Å². The van der Waals surface area contributed by atoms with Gasteiger partial charge in [-0.15, -0.1) is 5.10 Å². The predicted octanol–water partition coefficient (Wildman–Crippen LogP) is 3.02. The lowest BCUT2D eigenvalue weighted by molar-refractivity contribution is -0.116. The molecule has 2 aromatic heterocycles. The number of methoxy groups -OCH3 is 1. The van der Waals surface area contributed by atoms with Gasteiger partial charge >= 0.3 is 6.01 Å². The van der Waals surface area contributed by atoms with E-state index in [4.69, 9.17) is 14.1 Å². The zero-order chi connectivity index (χ0) is 25.2. The molecule has 0 saturated carbocycles. The van der Waals surface area contributed by atoms with Crippen LogP contribution in [0.15, 0.2) is 70.3 Å². The molecule has 11 heteroatoms. The summed E-state index contributed by atoms with van der Waals surface area (Å²) < 4.78 is 13.3.